The van der Waals surface area contributed by atoms with Crippen LogP contribution in [0.1, 0.15) is 0 Å². The largest absolute Gasteiger partial charge is 0.289 e. The number of aromatic nitrogens is 3. The lowest BCUT2D eigenvalue weighted by atomic mass is 10.1. The summed E-state index contributed by atoms with van der Waals surface area (Å²) in [6.07, 6.45) is 0. The quantitative estimate of drug-likeness (QED) is 0.476. The van der Waals surface area contributed by atoms with Crippen molar-refractivity contribution in [3.63, 3.8) is 0 Å². The fraction of sp³-hybridized carbons (Fsp3) is 0. The summed E-state index contributed by atoms with van der Waals surface area (Å²) in [5, 5.41) is 15.4. The highest BCUT2D eigenvalue weighted by Gasteiger charge is 2.17. The normalized spacial score (nSPS) is 10.1. The molecule has 1 aromatic heterocycles. The predicted octanol–water partition coefficient (Wildman–Crippen LogP) is 1.40. The highest BCUT2D eigenvalue weighted by molar-refractivity contribution is 7.71. The molecule has 1 heterocycles. The van der Waals surface area contributed by atoms with Gasteiger partial charge < -0.3 is 0 Å². The van der Waals surface area contributed by atoms with E-state index >= 15 is 0 Å². The number of rotatable bonds is 2. The molecule has 2 aromatic rings. The molecule has 86 valence electrons. The van der Waals surface area contributed by atoms with Crippen LogP contribution in [-0.4, -0.2) is 20.1 Å². The third-order valence-electron chi connectivity index (χ3n) is 2.07. The van der Waals surface area contributed by atoms with Crippen molar-refractivity contribution in [2.45, 2.75) is 0 Å². The highest BCUT2D eigenvalue weighted by Crippen LogP contribution is 2.25. The van der Waals surface area contributed by atoms with Gasteiger partial charge in [0.05, 0.1) is 10.5 Å². The number of nitro groups is 1. The molecule has 0 unspecified atom stereocenters. The summed E-state index contributed by atoms with van der Waals surface area (Å²) >= 11 is 4.76. The van der Waals surface area contributed by atoms with Crippen LogP contribution in [0.2, 0.25) is 0 Å². The van der Waals surface area contributed by atoms with E-state index in [1.54, 1.807) is 6.07 Å². The number of hydrogen-bond donors (Lipinski definition) is 2. The Morgan fingerprint density at radius 1 is 1.29 bits per heavy atom. The van der Waals surface area contributed by atoms with Crippen LogP contribution in [0.4, 0.5) is 5.69 Å². The Balaban J connectivity index is 2.77. The van der Waals surface area contributed by atoms with Gasteiger partial charge >= 0.3 is 0 Å². The van der Waals surface area contributed by atoms with E-state index in [0.29, 0.717) is 0 Å². The molecule has 0 aliphatic rings. The standard InChI is InChI=1S/C9H6N4O3S/c14-8-7(10-9(17)12-11-8)5-3-1-2-4-6(5)13(15)16/h1-4H,(H,11,14)(H,10,12,17). The van der Waals surface area contributed by atoms with Crippen LogP contribution in [0, 0.1) is 14.9 Å². The molecule has 0 atom stereocenters. The minimum Gasteiger partial charge on any atom is -0.272 e. The van der Waals surface area contributed by atoms with E-state index in [4.69, 9.17) is 12.2 Å². The number of nitro benzene ring substituents is 1. The molecule has 0 spiro atoms. The third kappa shape index (κ3) is 2.11. The van der Waals surface area contributed by atoms with Gasteiger partial charge in [-0.2, -0.15) is 0 Å². The molecule has 0 saturated heterocycles. The molecule has 0 radical (unpaired) electrons. The summed E-state index contributed by atoms with van der Waals surface area (Å²) in [5.41, 5.74) is -0.682. The van der Waals surface area contributed by atoms with E-state index in [-0.39, 0.29) is 21.7 Å². The summed E-state index contributed by atoms with van der Waals surface area (Å²) < 4.78 is 0.0535. The van der Waals surface area contributed by atoms with Crippen molar-refractivity contribution in [2.75, 3.05) is 0 Å². The average Bonchev–Trinajstić information content (AvgIpc) is 2.32. The van der Waals surface area contributed by atoms with E-state index in [2.05, 4.69) is 15.2 Å². The highest BCUT2D eigenvalue weighted by atomic mass is 32.1. The van der Waals surface area contributed by atoms with Crippen molar-refractivity contribution in [1.29, 1.82) is 0 Å². The lowest BCUT2D eigenvalue weighted by Crippen LogP contribution is -2.13. The monoisotopic (exact) mass is 250 g/mol. The van der Waals surface area contributed by atoms with Crippen molar-refractivity contribution < 1.29 is 4.92 Å². The summed E-state index contributed by atoms with van der Waals surface area (Å²) in [6, 6.07) is 5.85. The second-order valence-electron chi connectivity index (χ2n) is 3.12. The van der Waals surface area contributed by atoms with Crippen LogP contribution in [0.25, 0.3) is 11.3 Å². The Labute approximate surface area is 99.3 Å². The van der Waals surface area contributed by atoms with Gasteiger partial charge in [-0.05, 0) is 18.3 Å². The molecular weight excluding hydrogens is 244 g/mol. The average molecular weight is 250 g/mol. The molecule has 17 heavy (non-hydrogen) atoms. The van der Waals surface area contributed by atoms with Crippen molar-refractivity contribution >= 4 is 17.9 Å². The molecule has 0 fully saturated rings. The zero-order valence-corrected chi connectivity index (χ0v) is 9.15. The first-order valence-electron chi connectivity index (χ1n) is 4.52. The van der Waals surface area contributed by atoms with Crippen molar-refractivity contribution in [2.24, 2.45) is 0 Å². The fourth-order valence-corrected chi connectivity index (χ4v) is 1.51. The fourth-order valence-electron chi connectivity index (χ4n) is 1.37. The number of nitrogens with zero attached hydrogens (tertiary/aromatic N) is 2. The summed E-state index contributed by atoms with van der Waals surface area (Å²) in [5.74, 6) is 0. The lowest BCUT2D eigenvalue weighted by molar-refractivity contribution is -0.384. The summed E-state index contributed by atoms with van der Waals surface area (Å²) in [4.78, 5) is 25.6. The van der Waals surface area contributed by atoms with Crippen molar-refractivity contribution in [3.8, 4) is 11.3 Å². The summed E-state index contributed by atoms with van der Waals surface area (Å²) in [6.45, 7) is 0. The van der Waals surface area contributed by atoms with Gasteiger partial charge in [0, 0.05) is 6.07 Å². The molecule has 0 amide bonds. The maximum absolute atomic E-state index is 11.5. The second kappa shape index (κ2) is 4.26. The van der Waals surface area contributed by atoms with Gasteiger partial charge in [0.2, 0.25) is 4.77 Å². The molecule has 1 aromatic carbocycles. The molecule has 0 aliphatic heterocycles. The number of benzene rings is 1. The van der Waals surface area contributed by atoms with E-state index in [1.807, 2.05) is 0 Å². The SMILES string of the molecule is O=c1[nH][nH]c(=S)nc1-c1ccccc1[N+](=O)[O-]. The number of nitrogens with one attached hydrogen (secondary N) is 2. The first-order chi connectivity index (χ1) is 8.09. The van der Waals surface area contributed by atoms with Crippen LogP contribution in [0.5, 0.6) is 0 Å². The number of para-hydroxylation sites is 1. The van der Waals surface area contributed by atoms with E-state index in [0.717, 1.165) is 0 Å². The van der Waals surface area contributed by atoms with E-state index in [1.165, 1.54) is 18.2 Å². The number of hydrogen-bond acceptors (Lipinski definition) is 5. The minimum absolute atomic E-state index is 0.0535. The van der Waals surface area contributed by atoms with Gasteiger partial charge in [-0.3, -0.25) is 25.1 Å². The van der Waals surface area contributed by atoms with Crippen LogP contribution in [-0.2, 0) is 0 Å². The van der Waals surface area contributed by atoms with Gasteiger partial charge in [-0.25, -0.2) is 4.98 Å². The smallest absolute Gasteiger partial charge is 0.272 e. The molecule has 0 saturated carbocycles. The van der Waals surface area contributed by atoms with Gasteiger partial charge in [0.25, 0.3) is 11.2 Å². The van der Waals surface area contributed by atoms with Crippen LogP contribution in [0.15, 0.2) is 29.1 Å². The first kappa shape index (κ1) is 11.1. The van der Waals surface area contributed by atoms with E-state index in [9.17, 15) is 14.9 Å². The number of H-pyrrole nitrogens is 2. The van der Waals surface area contributed by atoms with E-state index < -0.39 is 10.5 Å². The lowest BCUT2D eigenvalue weighted by Gasteiger charge is -2.00. The zero-order chi connectivity index (χ0) is 12.4. The second-order valence-corrected chi connectivity index (χ2v) is 3.51. The Bertz CT molecular complexity index is 691. The van der Waals surface area contributed by atoms with Crippen molar-refractivity contribution in [3.05, 3.63) is 49.5 Å². The molecule has 8 heteroatoms. The molecule has 0 aliphatic carbocycles. The maximum Gasteiger partial charge on any atom is 0.289 e. The van der Waals surface area contributed by atoms with Gasteiger partial charge in [-0.15, -0.1) is 0 Å². The minimum atomic E-state index is -0.573. The van der Waals surface area contributed by atoms with Gasteiger partial charge in [0.1, 0.15) is 5.69 Å². The topological polar surface area (TPSA) is 105 Å². The molecule has 0 bridgehead atoms. The van der Waals surface area contributed by atoms with Crippen LogP contribution < -0.4 is 5.56 Å². The predicted molar refractivity (Wildman–Crippen MR) is 62.1 cm³/mol. The van der Waals surface area contributed by atoms with Crippen molar-refractivity contribution in [1.82, 2.24) is 15.2 Å². The molecule has 2 rings (SSSR count). The van der Waals surface area contributed by atoms with Gasteiger partial charge in [-0.1, -0.05) is 12.1 Å². The van der Waals surface area contributed by atoms with Crippen LogP contribution in [0.3, 0.4) is 0 Å². The zero-order valence-electron chi connectivity index (χ0n) is 8.34. The third-order valence-corrected chi connectivity index (χ3v) is 2.26. The first-order valence-corrected chi connectivity index (χ1v) is 4.93. The molecule has 2 N–H and O–H groups in total. The number of aromatic amines is 2. The summed E-state index contributed by atoms with van der Waals surface area (Å²) in [7, 11) is 0. The maximum atomic E-state index is 11.5. The van der Waals surface area contributed by atoms with Gasteiger partial charge in [0.15, 0.2) is 0 Å². The molecular formula is C9H6N4O3S. The van der Waals surface area contributed by atoms with Crippen LogP contribution >= 0.6 is 12.2 Å². The Morgan fingerprint density at radius 3 is 2.71 bits per heavy atom. The molecule has 7 nitrogen and oxygen atoms in total. The Morgan fingerprint density at radius 2 is 2.00 bits per heavy atom. The Hall–Kier alpha value is -2.35. The Kier molecular flexibility index (Phi) is 2.79.